The summed E-state index contributed by atoms with van der Waals surface area (Å²) in [4.78, 5) is 8.71. The Hall–Kier alpha value is -3.62. The van der Waals surface area contributed by atoms with Crippen LogP contribution in [0.15, 0.2) is 104 Å². The predicted octanol–water partition coefficient (Wildman–Crippen LogP) is 6.47. The molecule has 1 aromatic heterocycles. The summed E-state index contributed by atoms with van der Waals surface area (Å²) in [6.45, 7) is 2.69. The van der Waals surface area contributed by atoms with Gasteiger partial charge >= 0.3 is 21.1 Å². The molecule has 0 fully saturated rings. The van der Waals surface area contributed by atoms with E-state index in [4.69, 9.17) is 0 Å². The average Bonchev–Trinajstić information content (AvgIpc) is 3.32. The zero-order valence-electron chi connectivity index (χ0n) is 18.2. The third-order valence-electron chi connectivity index (χ3n) is 6.01. The van der Waals surface area contributed by atoms with Gasteiger partial charge in [-0.1, -0.05) is 71.1 Å². The molecule has 5 heteroatoms. The van der Waals surface area contributed by atoms with E-state index in [-0.39, 0.29) is 26.8 Å². The number of pyridine rings is 1. The molecule has 5 aromatic rings. The third kappa shape index (κ3) is 4.06. The number of hydrogen-bond acceptors (Lipinski definition) is 4. The van der Waals surface area contributed by atoms with Gasteiger partial charge < -0.3 is 14.9 Å². The first-order valence-corrected chi connectivity index (χ1v) is 10.9. The van der Waals surface area contributed by atoms with Gasteiger partial charge in [0.25, 0.3) is 0 Å². The van der Waals surface area contributed by atoms with Gasteiger partial charge in [-0.2, -0.15) is 6.67 Å². The van der Waals surface area contributed by atoms with Gasteiger partial charge in [0.05, 0.1) is 5.69 Å². The summed E-state index contributed by atoms with van der Waals surface area (Å²) in [5.74, 6) is 0.256. The smallest absolute Gasteiger partial charge is 0.510 e. The Morgan fingerprint density at radius 3 is 2.56 bits per heavy atom. The second-order valence-corrected chi connectivity index (χ2v) is 8.12. The van der Waals surface area contributed by atoms with Gasteiger partial charge in [-0.05, 0) is 47.9 Å². The Morgan fingerprint density at radius 1 is 0.824 bits per heavy atom. The molecule has 2 heterocycles. The maximum atomic E-state index is 10.2. The first-order valence-electron chi connectivity index (χ1n) is 10.9. The minimum absolute atomic E-state index is 0. The molecule has 1 aliphatic heterocycles. The minimum atomic E-state index is 0. The molecule has 0 aliphatic carbocycles. The number of phenolic OH excluding ortho intramolecular Hbond substituents is 1. The molecule has 0 saturated heterocycles. The molecule has 1 N–H and O–H groups in total. The van der Waals surface area contributed by atoms with Crippen molar-refractivity contribution in [3.63, 3.8) is 0 Å². The van der Waals surface area contributed by atoms with Crippen LogP contribution in [-0.2, 0) is 27.6 Å². The maximum absolute atomic E-state index is 10.2. The van der Waals surface area contributed by atoms with Gasteiger partial charge in [-0.25, -0.2) is 0 Å². The third-order valence-corrected chi connectivity index (χ3v) is 6.01. The van der Waals surface area contributed by atoms with Crippen molar-refractivity contribution in [2.24, 2.45) is 0 Å². The second-order valence-electron chi connectivity index (χ2n) is 8.12. The summed E-state index contributed by atoms with van der Waals surface area (Å²) in [5.41, 5.74) is 3.87. The van der Waals surface area contributed by atoms with Crippen LogP contribution in [0.1, 0.15) is 5.56 Å². The molecule has 0 atom stereocenters. The maximum Gasteiger partial charge on any atom is 2.00 e. The van der Waals surface area contributed by atoms with E-state index in [9.17, 15) is 5.11 Å². The van der Waals surface area contributed by atoms with Gasteiger partial charge in [-0.15, -0.1) is 23.6 Å². The SMILES string of the molecule is Oc1ccccc1N1C=CN(Cc2cccc3ccc(-c4nccc5ccccc45)[c-]c23)[CH-]1.[Pt+2]. The topological polar surface area (TPSA) is 39.6 Å². The summed E-state index contributed by atoms with van der Waals surface area (Å²) in [7, 11) is 0. The number of nitrogens with zero attached hydrogens (tertiary/aromatic N) is 3. The van der Waals surface area contributed by atoms with E-state index in [1.807, 2.05) is 66.6 Å². The molecular weight excluding hydrogens is 601 g/mol. The van der Waals surface area contributed by atoms with Crippen LogP contribution in [0.2, 0.25) is 0 Å². The van der Waals surface area contributed by atoms with Crippen molar-refractivity contribution in [3.05, 3.63) is 122 Å². The number of fused-ring (bicyclic) bond motifs is 2. The Morgan fingerprint density at radius 2 is 1.65 bits per heavy atom. The molecule has 1 aliphatic rings. The van der Waals surface area contributed by atoms with E-state index >= 15 is 0 Å². The summed E-state index contributed by atoms with van der Waals surface area (Å²) in [5, 5.41) is 14.7. The number of para-hydroxylation sites is 2. The van der Waals surface area contributed by atoms with E-state index in [1.54, 1.807) is 6.07 Å². The minimum Gasteiger partial charge on any atom is -0.510 e. The van der Waals surface area contributed by atoms with E-state index in [0.717, 1.165) is 33.1 Å². The Bertz CT molecular complexity index is 1510. The van der Waals surface area contributed by atoms with Crippen LogP contribution in [0.4, 0.5) is 5.69 Å². The van der Waals surface area contributed by atoms with Crippen molar-refractivity contribution in [1.82, 2.24) is 9.88 Å². The van der Waals surface area contributed by atoms with Gasteiger partial charge in [-0.3, -0.25) is 4.98 Å². The Labute approximate surface area is 213 Å². The molecule has 0 unspecified atom stereocenters. The Balaban J connectivity index is 0.00000241. The van der Waals surface area contributed by atoms with Crippen molar-refractivity contribution in [1.29, 1.82) is 0 Å². The number of aromatic nitrogens is 1. The van der Waals surface area contributed by atoms with E-state index in [0.29, 0.717) is 6.54 Å². The molecule has 4 nitrogen and oxygen atoms in total. The number of benzene rings is 4. The number of aromatic hydroxyl groups is 1. The van der Waals surface area contributed by atoms with E-state index < -0.39 is 0 Å². The summed E-state index contributed by atoms with van der Waals surface area (Å²) >= 11 is 0. The van der Waals surface area contributed by atoms with Crippen LogP contribution in [0, 0.1) is 12.7 Å². The van der Waals surface area contributed by atoms with Crippen molar-refractivity contribution in [2.75, 3.05) is 4.90 Å². The number of phenols is 1. The van der Waals surface area contributed by atoms with Crippen LogP contribution < -0.4 is 4.90 Å². The molecule has 34 heavy (non-hydrogen) atoms. The zero-order chi connectivity index (χ0) is 22.2. The van der Waals surface area contributed by atoms with Crippen LogP contribution in [0.25, 0.3) is 32.8 Å². The summed E-state index contributed by atoms with van der Waals surface area (Å²) in [6, 6.07) is 31.9. The first-order chi connectivity index (χ1) is 16.3. The zero-order valence-corrected chi connectivity index (χ0v) is 20.5. The van der Waals surface area contributed by atoms with Gasteiger partial charge in [0, 0.05) is 11.9 Å². The van der Waals surface area contributed by atoms with E-state index in [1.165, 1.54) is 10.9 Å². The van der Waals surface area contributed by atoms with Crippen molar-refractivity contribution in [3.8, 4) is 17.0 Å². The fourth-order valence-electron chi connectivity index (χ4n) is 4.37. The molecule has 0 spiro atoms. The summed E-state index contributed by atoms with van der Waals surface area (Å²) < 4.78 is 0. The van der Waals surface area contributed by atoms with Crippen LogP contribution in [0.5, 0.6) is 5.75 Å². The average molecular weight is 623 g/mol. The van der Waals surface area contributed by atoms with Crippen molar-refractivity contribution >= 4 is 27.2 Å². The standard InChI is InChI=1S/C29H21N3O.Pt/c33-28-11-4-3-10-27(28)32-17-16-31(20-32)19-24-8-5-7-21-12-13-23(18-26(21)24)29-25-9-2-1-6-22(25)14-15-30-29;/h1-17,20,33H,19H2;/q-2;+2. The number of hydrogen-bond donors (Lipinski definition) is 1. The van der Waals surface area contributed by atoms with Crippen LogP contribution >= 0.6 is 0 Å². The molecular formula is C29H21N3OPt. The van der Waals surface area contributed by atoms with Gasteiger partial charge in [0.15, 0.2) is 0 Å². The van der Waals surface area contributed by atoms with Crippen molar-refractivity contribution < 1.29 is 26.2 Å². The largest absolute Gasteiger partial charge is 2.00 e. The number of anilines is 1. The van der Waals surface area contributed by atoms with Crippen molar-refractivity contribution in [2.45, 2.75) is 6.54 Å². The van der Waals surface area contributed by atoms with Gasteiger partial charge in [0.1, 0.15) is 5.75 Å². The fourth-order valence-corrected chi connectivity index (χ4v) is 4.37. The molecule has 4 aromatic carbocycles. The molecule has 168 valence electrons. The molecule has 0 saturated carbocycles. The molecule has 0 radical (unpaired) electrons. The van der Waals surface area contributed by atoms with E-state index in [2.05, 4.69) is 58.4 Å². The first kappa shape index (κ1) is 22.2. The molecule has 0 bridgehead atoms. The summed E-state index contributed by atoms with van der Waals surface area (Å²) in [6.07, 6.45) is 5.83. The number of rotatable bonds is 4. The van der Waals surface area contributed by atoms with Crippen LogP contribution in [-0.4, -0.2) is 15.0 Å². The van der Waals surface area contributed by atoms with Crippen LogP contribution in [0.3, 0.4) is 0 Å². The molecule has 6 rings (SSSR count). The second kappa shape index (κ2) is 9.32. The molecule has 0 amide bonds. The monoisotopic (exact) mass is 622 g/mol. The fraction of sp³-hybridized carbons (Fsp3) is 0.0345. The normalized spacial score (nSPS) is 12.9. The predicted molar refractivity (Wildman–Crippen MR) is 133 cm³/mol. The van der Waals surface area contributed by atoms with Gasteiger partial charge in [0.2, 0.25) is 0 Å². The Kier molecular flexibility index (Phi) is 6.08. The quantitative estimate of drug-likeness (QED) is 0.233.